The first-order chi connectivity index (χ1) is 8.24. The van der Waals surface area contributed by atoms with E-state index in [1.54, 1.807) is 13.8 Å². The molecule has 0 spiro atoms. The number of nitrogens with zero attached hydrogens (tertiary/aromatic N) is 2. The van der Waals surface area contributed by atoms with Gasteiger partial charge in [-0.15, -0.1) is 0 Å². The molecule has 6 N–H and O–H groups in total. The van der Waals surface area contributed by atoms with Gasteiger partial charge in [0.1, 0.15) is 5.54 Å². The molecule has 3 amide bonds. The maximum absolute atomic E-state index is 11.8. The summed E-state index contributed by atoms with van der Waals surface area (Å²) in [5.41, 5.74) is 9.36. The van der Waals surface area contributed by atoms with Crippen LogP contribution in [-0.2, 0) is 4.79 Å². The number of guanidine groups is 1. The summed E-state index contributed by atoms with van der Waals surface area (Å²) in [4.78, 5) is 28.0. The third-order valence-electron chi connectivity index (χ3n) is 2.23. The summed E-state index contributed by atoms with van der Waals surface area (Å²) >= 11 is 1.06. The average molecular weight is 272 g/mol. The molecule has 1 aliphatic rings. The summed E-state index contributed by atoms with van der Waals surface area (Å²) in [7, 11) is 0. The second kappa shape index (κ2) is 5.25. The molecule has 0 aliphatic carbocycles. The highest BCUT2D eigenvalue weighted by Gasteiger charge is 2.43. The fourth-order valence-corrected chi connectivity index (χ4v) is 2.04. The molecule has 0 bridgehead atoms. The van der Waals surface area contributed by atoms with Gasteiger partial charge in [-0.25, -0.2) is 4.79 Å². The number of nitrogens with one attached hydrogen (secondary N) is 2. The van der Waals surface area contributed by atoms with Gasteiger partial charge in [-0.2, -0.15) is 4.99 Å². The smallest absolute Gasteiger partial charge is 0.325 e. The van der Waals surface area contributed by atoms with Crippen molar-refractivity contribution in [2.24, 2.45) is 16.5 Å². The standard InChI is InChI=1S/C9H16N6O2S/c1-9(2)5(16)15(8(17)14-9)3-4-18-7(12)13-6(10)11/h3-4H2,1-2H3,(H,14,17)(H5,10,11,12,13). The molecule has 8 nitrogen and oxygen atoms in total. The zero-order valence-corrected chi connectivity index (χ0v) is 11.0. The molecule has 1 rings (SSSR count). The van der Waals surface area contributed by atoms with Gasteiger partial charge in [-0.1, -0.05) is 11.8 Å². The Labute approximate surface area is 109 Å². The lowest BCUT2D eigenvalue weighted by Gasteiger charge is -2.15. The van der Waals surface area contributed by atoms with Crippen LogP contribution >= 0.6 is 11.8 Å². The Balaban J connectivity index is 2.46. The van der Waals surface area contributed by atoms with Crippen molar-refractivity contribution >= 4 is 34.8 Å². The number of amides is 3. The van der Waals surface area contributed by atoms with Crippen LogP contribution in [-0.4, -0.2) is 45.8 Å². The number of carbonyl (C=O) groups excluding carboxylic acids is 2. The van der Waals surface area contributed by atoms with E-state index in [4.69, 9.17) is 16.9 Å². The van der Waals surface area contributed by atoms with E-state index in [1.165, 1.54) is 0 Å². The molecule has 1 saturated heterocycles. The highest BCUT2D eigenvalue weighted by Crippen LogP contribution is 2.17. The number of thioether (sulfide) groups is 1. The van der Waals surface area contributed by atoms with E-state index in [2.05, 4.69) is 10.3 Å². The van der Waals surface area contributed by atoms with Crippen molar-refractivity contribution in [2.75, 3.05) is 12.3 Å². The number of amidine groups is 1. The van der Waals surface area contributed by atoms with Gasteiger partial charge in [-0.05, 0) is 13.8 Å². The lowest BCUT2D eigenvalue weighted by molar-refractivity contribution is -0.130. The quantitative estimate of drug-likeness (QED) is 0.304. The number of nitrogens with two attached hydrogens (primary N) is 2. The van der Waals surface area contributed by atoms with E-state index in [1.807, 2.05) is 0 Å². The highest BCUT2D eigenvalue weighted by atomic mass is 32.2. The van der Waals surface area contributed by atoms with Crippen molar-refractivity contribution < 1.29 is 9.59 Å². The van der Waals surface area contributed by atoms with Crippen LogP contribution in [0.5, 0.6) is 0 Å². The van der Waals surface area contributed by atoms with Gasteiger partial charge < -0.3 is 16.8 Å². The lowest BCUT2D eigenvalue weighted by atomic mass is 10.1. The van der Waals surface area contributed by atoms with Crippen LogP contribution in [0.4, 0.5) is 4.79 Å². The van der Waals surface area contributed by atoms with Gasteiger partial charge in [0, 0.05) is 12.3 Å². The van der Waals surface area contributed by atoms with E-state index >= 15 is 0 Å². The Bertz CT molecular complexity index is 415. The second-order valence-corrected chi connectivity index (χ2v) is 5.29. The van der Waals surface area contributed by atoms with Crippen LogP contribution in [0.25, 0.3) is 0 Å². The number of aliphatic imine (C=N–C) groups is 1. The molecule has 18 heavy (non-hydrogen) atoms. The topological polar surface area (TPSA) is 138 Å². The minimum absolute atomic E-state index is 0.0543. The van der Waals surface area contributed by atoms with E-state index < -0.39 is 11.6 Å². The predicted molar refractivity (Wildman–Crippen MR) is 70.3 cm³/mol. The van der Waals surface area contributed by atoms with Crippen molar-refractivity contribution in [3.8, 4) is 0 Å². The average Bonchev–Trinajstić information content (AvgIpc) is 2.38. The van der Waals surface area contributed by atoms with E-state index in [9.17, 15) is 9.59 Å². The molecule has 9 heteroatoms. The van der Waals surface area contributed by atoms with Gasteiger partial charge in [0.25, 0.3) is 5.91 Å². The van der Waals surface area contributed by atoms with Crippen LogP contribution < -0.4 is 16.8 Å². The number of hydrogen-bond acceptors (Lipinski definition) is 4. The van der Waals surface area contributed by atoms with Gasteiger partial charge in [-0.3, -0.25) is 15.1 Å². The van der Waals surface area contributed by atoms with Crippen molar-refractivity contribution in [3.63, 3.8) is 0 Å². The van der Waals surface area contributed by atoms with Crippen LogP contribution in [0, 0.1) is 5.41 Å². The Hall–Kier alpha value is -1.77. The molecule has 0 aromatic heterocycles. The summed E-state index contributed by atoms with van der Waals surface area (Å²) in [5, 5.41) is 9.90. The SMILES string of the molecule is CC1(C)NC(=O)N(CCSC(=N)N=C(N)N)C1=O. The molecular formula is C9H16N6O2S. The van der Waals surface area contributed by atoms with Crippen molar-refractivity contribution in [1.29, 1.82) is 5.41 Å². The van der Waals surface area contributed by atoms with Gasteiger partial charge in [0.05, 0.1) is 0 Å². The molecule has 0 aromatic carbocycles. The van der Waals surface area contributed by atoms with Crippen molar-refractivity contribution in [3.05, 3.63) is 0 Å². The van der Waals surface area contributed by atoms with E-state index in [-0.39, 0.29) is 23.6 Å². The van der Waals surface area contributed by atoms with Gasteiger partial charge >= 0.3 is 6.03 Å². The predicted octanol–water partition coefficient (Wildman–Crippen LogP) is -0.742. The molecule has 0 unspecified atom stereocenters. The molecule has 0 atom stereocenters. The van der Waals surface area contributed by atoms with Crippen molar-refractivity contribution in [2.45, 2.75) is 19.4 Å². The van der Waals surface area contributed by atoms with Gasteiger partial charge in [0.15, 0.2) is 11.1 Å². The van der Waals surface area contributed by atoms with E-state index in [0.717, 1.165) is 16.7 Å². The van der Waals surface area contributed by atoms with Crippen LogP contribution in [0.1, 0.15) is 13.8 Å². The van der Waals surface area contributed by atoms with Gasteiger partial charge in [0.2, 0.25) is 0 Å². The van der Waals surface area contributed by atoms with E-state index in [0.29, 0.717) is 5.75 Å². The molecular weight excluding hydrogens is 256 g/mol. The number of carbonyl (C=O) groups is 2. The summed E-state index contributed by atoms with van der Waals surface area (Å²) in [6, 6.07) is -0.418. The molecule has 1 fully saturated rings. The third-order valence-corrected chi connectivity index (χ3v) is 2.98. The molecule has 0 aromatic rings. The third kappa shape index (κ3) is 3.36. The number of imide groups is 1. The first kappa shape index (κ1) is 14.3. The maximum atomic E-state index is 11.8. The van der Waals surface area contributed by atoms with Crippen LogP contribution in [0.2, 0.25) is 0 Å². The van der Waals surface area contributed by atoms with Crippen LogP contribution in [0.3, 0.4) is 0 Å². The Morgan fingerprint density at radius 1 is 1.50 bits per heavy atom. The fraction of sp³-hybridized carbons (Fsp3) is 0.556. The molecule has 1 heterocycles. The minimum atomic E-state index is -0.866. The Morgan fingerprint density at radius 3 is 2.56 bits per heavy atom. The maximum Gasteiger partial charge on any atom is 0.325 e. The Morgan fingerprint density at radius 2 is 2.11 bits per heavy atom. The number of rotatable bonds is 3. The van der Waals surface area contributed by atoms with Crippen molar-refractivity contribution in [1.82, 2.24) is 10.2 Å². The summed E-state index contributed by atoms with van der Waals surface area (Å²) < 4.78 is 0. The summed E-state index contributed by atoms with van der Waals surface area (Å²) in [6.45, 7) is 3.49. The summed E-state index contributed by atoms with van der Waals surface area (Å²) in [5.74, 6) is -0.102. The number of hydrogen-bond donors (Lipinski definition) is 4. The molecule has 1 aliphatic heterocycles. The molecule has 0 radical (unpaired) electrons. The Kier molecular flexibility index (Phi) is 4.17. The number of urea groups is 1. The minimum Gasteiger partial charge on any atom is -0.370 e. The lowest BCUT2D eigenvalue weighted by Crippen LogP contribution is -2.40. The first-order valence-corrected chi connectivity index (χ1v) is 6.17. The largest absolute Gasteiger partial charge is 0.370 e. The normalized spacial score (nSPS) is 17.6. The molecule has 0 saturated carbocycles. The summed E-state index contributed by atoms with van der Waals surface area (Å²) in [6.07, 6.45) is 0. The zero-order chi connectivity index (χ0) is 13.9. The first-order valence-electron chi connectivity index (χ1n) is 5.19. The fourth-order valence-electron chi connectivity index (χ4n) is 1.40. The highest BCUT2D eigenvalue weighted by molar-refractivity contribution is 8.13. The zero-order valence-electron chi connectivity index (χ0n) is 10.2. The molecule has 100 valence electrons. The van der Waals surface area contributed by atoms with Crippen LogP contribution in [0.15, 0.2) is 4.99 Å². The second-order valence-electron chi connectivity index (χ2n) is 4.20. The monoisotopic (exact) mass is 272 g/mol.